The van der Waals surface area contributed by atoms with Gasteiger partial charge in [0.05, 0.1) is 57.9 Å². The summed E-state index contributed by atoms with van der Waals surface area (Å²) in [7, 11) is 0. The van der Waals surface area contributed by atoms with Crippen molar-refractivity contribution in [3.05, 3.63) is 0 Å². The fraction of sp³-hybridized carbons (Fsp3) is 0.889. The minimum Gasteiger partial charge on any atom is -0.465 e. The molecule has 16 heteroatoms. The summed E-state index contributed by atoms with van der Waals surface area (Å²) < 4.78 is 49.9. The number of rotatable bonds is 20. The van der Waals surface area contributed by atoms with Crippen LogP contribution in [-0.4, -0.2) is 107 Å². The monoisotopic (exact) mass is 1100 g/mol. The number of carbonyl (C=O) groups is 7. The average Bonchev–Trinajstić information content (AvgIpc) is 4.17. The largest absolute Gasteiger partial charge is 0.465 e. The van der Waals surface area contributed by atoms with Gasteiger partial charge in [0.15, 0.2) is 0 Å². The van der Waals surface area contributed by atoms with E-state index >= 15 is 19.2 Å². The third kappa shape index (κ3) is 10.3. The first kappa shape index (κ1) is 57.0. The van der Waals surface area contributed by atoms with E-state index in [-0.39, 0.29) is 74.6 Å². The highest BCUT2D eigenvalue weighted by molar-refractivity contribution is 5.87. The molecule has 12 atom stereocenters. The molecule has 4 saturated heterocycles. The molecule has 9 saturated carbocycles. The van der Waals surface area contributed by atoms with Crippen molar-refractivity contribution in [2.75, 3.05) is 13.2 Å². The Morgan fingerprint density at radius 1 is 0.620 bits per heavy atom. The quantitative estimate of drug-likeness (QED) is 0.0887. The van der Waals surface area contributed by atoms with Crippen LogP contribution in [0.4, 0.5) is 0 Å². The fourth-order valence-corrected chi connectivity index (χ4v) is 19.9. The summed E-state index contributed by atoms with van der Waals surface area (Å²) >= 11 is 0. The Kier molecular flexibility index (Phi) is 14.0. The normalized spacial score (nSPS) is 40.3. The van der Waals surface area contributed by atoms with Crippen molar-refractivity contribution in [3.63, 3.8) is 0 Å². The molecule has 4 aliphatic heterocycles. The van der Waals surface area contributed by atoms with Crippen molar-refractivity contribution in [3.8, 4) is 0 Å². The summed E-state index contributed by atoms with van der Waals surface area (Å²) in [5, 5.41) is 11.7. The summed E-state index contributed by atoms with van der Waals surface area (Å²) in [6, 6.07) is 0. The van der Waals surface area contributed by atoms with Crippen LogP contribution in [0, 0.1) is 73.9 Å². The van der Waals surface area contributed by atoms with Gasteiger partial charge >= 0.3 is 41.8 Å². The molecule has 9 aliphatic carbocycles. The Bertz CT molecular complexity index is 2440. The molecule has 0 aromatic carbocycles. The van der Waals surface area contributed by atoms with E-state index in [2.05, 4.69) is 0 Å². The van der Waals surface area contributed by atoms with Crippen LogP contribution in [0.15, 0.2) is 0 Å². The molecule has 0 spiro atoms. The topological polar surface area (TPSA) is 214 Å². The summed E-state index contributed by atoms with van der Waals surface area (Å²) in [6.07, 6.45) is 10.2. The van der Waals surface area contributed by atoms with E-state index in [9.17, 15) is 19.5 Å². The number of hydrogen-bond acceptors (Lipinski definition) is 16. The highest BCUT2D eigenvalue weighted by Gasteiger charge is 2.66. The lowest BCUT2D eigenvalue weighted by Crippen LogP contribution is -2.61. The van der Waals surface area contributed by atoms with Crippen molar-refractivity contribution in [2.24, 2.45) is 73.9 Å². The number of aliphatic hydroxyl groups is 1. The van der Waals surface area contributed by atoms with Crippen molar-refractivity contribution in [1.29, 1.82) is 0 Å². The maximum Gasteiger partial charge on any atom is 0.347 e. The van der Waals surface area contributed by atoms with Gasteiger partial charge < -0.3 is 43.0 Å². The Morgan fingerprint density at radius 3 is 1.75 bits per heavy atom. The first-order valence-corrected chi connectivity index (χ1v) is 30.7. The van der Waals surface area contributed by atoms with Gasteiger partial charge in [-0.2, -0.15) is 0 Å². The lowest BCUT2D eigenvalue weighted by atomic mass is 9.46. The van der Waals surface area contributed by atoms with E-state index in [4.69, 9.17) is 37.9 Å². The van der Waals surface area contributed by atoms with Crippen LogP contribution in [0.3, 0.4) is 0 Å². The lowest BCUT2D eigenvalue weighted by molar-refractivity contribution is -0.226. The molecule has 10 bridgehead atoms. The van der Waals surface area contributed by atoms with Crippen LogP contribution in [0.25, 0.3) is 0 Å². The Morgan fingerprint density at radius 2 is 1.18 bits per heavy atom. The molecule has 0 amide bonds. The number of ether oxygens (including phenoxy) is 8. The number of hydrogen-bond donors (Lipinski definition) is 1. The van der Waals surface area contributed by atoms with Crippen LogP contribution in [0.2, 0.25) is 0 Å². The summed E-state index contributed by atoms with van der Waals surface area (Å²) in [5.74, 6) is -2.95. The van der Waals surface area contributed by atoms with Crippen LogP contribution in [0.5, 0.6) is 0 Å². The zero-order valence-corrected chi connectivity index (χ0v) is 49.1. The molecule has 13 fully saturated rings. The Labute approximate surface area is 467 Å². The molecular weight excluding hydrogens is 1010 g/mol. The molecule has 0 aromatic heterocycles. The molecule has 4 heterocycles. The van der Waals surface area contributed by atoms with Crippen molar-refractivity contribution in [2.45, 2.75) is 264 Å². The highest BCUT2D eigenvalue weighted by Crippen LogP contribution is 2.66. The third-order valence-electron chi connectivity index (χ3n) is 23.0. The first-order valence-electron chi connectivity index (χ1n) is 30.7. The lowest BCUT2D eigenvalue weighted by Gasteiger charge is -2.61. The van der Waals surface area contributed by atoms with E-state index < -0.39 is 115 Å². The number of esters is 7. The third-order valence-corrected chi connectivity index (χ3v) is 23.0. The molecule has 440 valence electrons. The van der Waals surface area contributed by atoms with E-state index in [0.717, 1.165) is 38.5 Å². The maximum atomic E-state index is 16.0. The first-order chi connectivity index (χ1) is 36.8. The van der Waals surface area contributed by atoms with Gasteiger partial charge in [0.1, 0.15) is 29.0 Å². The molecule has 13 aliphatic rings. The standard InChI is InChI=1S/C63H92O16/c1-11-56(6,52(69)78-60(10)15-12-13-16-60)32-59(9,53(70)77-55(4,5)61-23-36-18-37(24-61)20-38(19-36)25-61)34-58(8,51(68)75-42-14-17-72-47(42)64)33-57(7,50(67)76-44-22-43-41-30-73-48(65)45(41)46(44)74-43)31-54(2,3)49(66)79-63-28-39-21-40(29-63)27-62(71,26-39)35-63/h36-46,71H,11-35H2,1-10H3. The molecule has 12 unspecified atom stereocenters. The van der Waals surface area contributed by atoms with Gasteiger partial charge in [-0.3, -0.25) is 28.8 Å². The van der Waals surface area contributed by atoms with E-state index in [0.29, 0.717) is 75.5 Å². The van der Waals surface area contributed by atoms with Crippen LogP contribution in [-0.2, 0) is 71.5 Å². The van der Waals surface area contributed by atoms with E-state index in [1.807, 2.05) is 34.6 Å². The molecule has 13 rings (SSSR count). The van der Waals surface area contributed by atoms with Gasteiger partial charge in [0.25, 0.3) is 0 Å². The molecule has 16 nitrogen and oxygen atoms in total. The maximum absolute atomic E-state index is 16.0. The van der Waals surface area contributed by atoms with Gasteiger partial charge in [-0.05, 0) is 220 Å². The SMILES string of the molecule is CCC(C)(CC(C)(CC(C)(CC(C)(CC(C)(C)C(=O)OC12CC3CC(CC(O)(C3)C1)C2)C(=O)OC1CC2OC1C1C(=O)OCC21)C(=O)OC1CCOC1=O)C(=O)OC(C)(C)C12CC3CC(CC(C3)C1)C2)C(=O)OC1(C)CCCC1. The second-order valence-corrected chi connectivity index (χ2v) is 31.1. The minimum atomic E-state index is -1.83. The molecule has 0 aromatic rings. The van der Waals surface area contributed by atoms with Crippen molar-refractivity contribution < 1.29 is 76.6 Å². The summed E-state index contributed by atoms with van der Waals surface area (Å²) in [6.45, 7) is 18.5. The number of carbonyl (C=O) groups excluding carboxylic acids is 7. The average molecular weight is 1110 g/mol. The summed E-state index contributed by atoms with van der Waals surface area (Å²) in [5.41, 5.74) is -11.5. The van der Waals surface area contributed by atoms with Crippen LogP contribution >= 0.6 is 0 Å². The van der Waals surface area contributed by atoms with Crippen molar-refractivity contribution in [1.82, 2.24) is 0 Å². The van der Waals surface area contributed by atoms with Crippen molar-refractivity contribution >= 4 is 41.8 Å². The predicted molar refractivity (Wildman–Crippen MR) is 284 cm³/mol. The van der Waals surface area contributed by atoms with Crippen LogP contribution in [0.1, 0.15) is 217 Å². The highest BCUT2D eigenvalue weighted by atomic mass is 16.6. The fourth-order valence-electron chi connectivity index (χ4n) is 19.9. The van der Waals surface area contributed by atoms with Gasteiger partial charge in [-0.25, -0.2) is 4.79 Å². The second kappa shape index (κ2) is 19.4. The summed E-state index contributed by atoms with van der Waals surface area (Å²) in [4.78, 5) is 104. The van der Waals surface area contributed by atoms with E-state index in [1.54, 1.807) is 34.6 Å². The van der Waals surface area contributed by atoms with Gasteiger partial charge in [-0.15, -0.1) is 0 Å². The molecular formula is C63H92O16. The predicted octanol–water partition coefficient (Wildman–Crippen LogP) is 9.78. The number of fused-ring (bicyclic) bond motifs is 5. The second-order valence-electron chi connectivity index (χ2n) is 31.1. The molecule has 1 N–H and O–H groups in total. The smallest absolute Gasteiger partial charge is 0.347 e. The van der Waals surface area contributed by atoms with Crippen LogP contribution < -0.4 is 0 Å². The zero-order chi connectivity index (χ0) is 56.7. The van der Waals surface area contributed by atoms with Gasteiger partial charge in [-0.1, -0.05) is 6.92 Å². The zero-order valence-electron chi connectivity index (χ0n) is 49.1. The Balaban J connectivity index is 0.963. The molecule has 79 heavy (non-hydrogen) atoms. The molecule has 0 radical (unpaired) electrons. The van der Waals surface area contributed by atoms with Gasteiger partial charge in [0, 0.05) is 30.6 Å². The Hall–Kier alpha value is -3.79. The van der Waals surface area contributed by atoms with E-state index in [1.165, 1.54) is 19.3 Å². The number of cyclic esters (lactones) is 2. The minimum absolute atomic E-state index is 0.0363. The van der Waals surface area contributed by atoms with Gasteiger partial charge in [0.2, 0.25) is 6.10 Å².